The fraction of sp³-hybridized carbons (Fsp3) is 0.529. The van der Waals surface area contributed by atoms with Crippen LogP contribution in [0.15, 0.2) is 23.2 Å². The molecule has 0 radical (unpaired) electrons. The van der Waals surface area contributed by atoms with Gasteiger partial charge in [-0.05, 0) is 39.0 Å². The number of benzene rings is 1. The summed E-state index contributed by atoms with van der Waals surface area (Å²) in [5.41, 5.74) is -0.137. The highest BCUT2D eigenvalue weighted by Gasteiger charge is 2.16. The van der Waals surface area contributed by atoms with Crippen molar-refractivity contribution >= 4 is 35.9 Å². The van der Waals surface area contributed by atoms with Gasteiger partial charge in [0.25, 0.3) is 0 Å². The second-order valence-corrected chi connectivity index (χ2v) is 6.22. The first-order chi connectivity index (χ1) is 12.1. The molecular formula is C17H26F2IN3O4. The smallest absolute Gasteiger partial charge is 0.387 e. The minimum Gasteiger partial charge on any atom is -0.497 e. The molecule has 154 valence electrons. The van der Waals surface area contributed by atoms with Crippen molar-refractivity contribution in [2.24, 2.45) is 4.99 Å². The van der Waals surface area contributed by atoms with Gasteiger partial charge in [-0.2, -0.15) is 8.78 Å². The summed E-state index contributed by atoms with van der Waals surface area (Å²) in [5, 5.41) is 5.71. The van der Waals surface area contributed by atoms with Gasteiger partial charge in [-0.15, -0.1) is 24.0 Å². The molecule has 0 heterocycles. The standard InChI is InChI=1S/C17H25F2N3O4.HI/c1-17(2,3)26-14(23)10-22-16(20-4)21-9-11-8-12(24-5)6-7-13(11)25-15(18)19;/h6-8,15H,9-10H2,1-5H3,(H2,20,21,22);1H. The van der Waals surface area contributed by atoms with Gasteiger partial charge in [0, 0.05) is 19.2 Å². The third kappa shape index (κ3) is 10.2. The lowest BCUT2D eigenvalue weighted by molar-refractivity contribution is -0.153. The van der Waals surface area contributed by atoms with Crippen LogP contribution >= 0.6 is 24.0 Å². The Bertz CT molecular complexity index is 637. The molecule has 0 unspecified atom stereocenters. The maximum absolute atomic E-state index is 12.5. The first-order valence-corrected chi connectivity index (χ1v) is 7.92. The van der Waals surface area contributed by atoms with E-state index in [9.17, 15) is 13.6 Å². The van der Waals surface area contributed by atoms with Crippen LogP contribution in [-0.2, 0) is 16.1 Å². The van der Waals surface area contributed by atoms with Gasteiger partial charge >= 0.3 is 12.6 Å². The first-order valence-electron chi connectivity index (χ1n) is 7.92. The SMILES string of the molecule is CN=C(NCC(=O)OC(C)(C)C)NCc1cc(OC)ccc1OC(F)F.I. The quantitative estimate of drug-likeness (QED) is 0.259. The van der Waals surface area contributed by atoms with Gasteiger partial charge in [0.1, 0.15) is 23.6 Å². The number of ether oxygens (including phenoxy) is 3. The topological polar surface area (TPSA) is 81.2 Å². The Kier molecular flexibility index (Phi) is 11.0. The fourth-order valence-electron chi connectivity index (χ4n) is 1.96. The molecule has 0 spiro atoms. The van der Waals surface area contributed by atoms with Crippen molar-refractivity contribution in [1.29, 1.82) is 0 Å². The highest BCUT2D eigenvalue weighted by molar-refractivity contribution is 14.0. The van der Waals surface area contributed by atoms with E-state index in [-0.39, 0.29) is 42.8 Å². The molecule has 0 aliphatic rings. The molecule has 10 heteroatoms. The Labute approximate surface area is 174 Å². The zero-order chi connectivity index (χ0) is 19.7. The molecule has 0 amide bonds. The van der Waals surface area contributed by atoms with Crippen LogP contribution < -0.4 is 20.1 Å². The molecule has 0 bridgehead atoms. The van der Waals surface area contributed by atoms with Crippen molar-refractivity contribution < 1.29 is 27.8 Å². The average molecular weight is 501 g/mol. The summed E-state index contributed by atoms with van der Waals surface area (Å²) < 4.78 is 39.8. The molecule has 1 rings (SSSR count). The molecule has 0 atom stereocenters. The first kappa shape index (κ1) is 25.1. The summed E-state index contributed by atoms with van der Waals surface area (Å²) in [4.78, 5) is 15.7. The monoisotopic (exact) mass is 501 g/mol. The highest BCUT2D eigenvalue weighted by atomic mass is 127. The number of carbonyl (C=O) groups is 1. The number of halogens is 3. The van der Waals surface area contributed by atoms with Crippen molar-refractivity contribution in [3.63, 3.8) is 0 Å². The number of rotatable bonds is 7. The molecule has 1 aromatic rings. The molecule has 0 saturated carbocycles. The molecule has 0 saturated heterocycles. The maximum atomic E-state index is 12.5. The van der Waals surface area contributed by atoms with E-state index in [0.29, 0.717) is 17.3 Å². The number of nitrogens with zero attached hydrogens (tertiary/aromatic N) is 1. The zero-order valence-corrected chi connectivity index (χ0v) is 18.3. The van der Waals surface area contributed by atoms with E-state index in [4.69, 9.17) is 9.47 Å². The van der Waals surface area contributed by atoms with E-state index >= 15 is 0 Å². The molecule has 7 nitrogen and oxygen atoms in total. The van der Waals surface area contributed by atoms with E-state index < -0.39 is 18.2 Å². The molecule has 0 aromatic heterocycles. The van der Waals surface area contributed by atoms with E-state index in [0.717, 1.165) is 0 Å². The summed E-state index contributed by atoms with van der Waals surface area (Å²) in [5.74, 6) is 0.390. The number of nitrogens with one attached hydrogen (secondary N) is 2. The van der Waals surface area contributed by atoms with Crippen LogP contribution in [0, 0.1) is 0 Å². The normalized spacial score (nSPS) is 11.5. The predicted molar refractivity (Wildman–Crippen MR) is 109 cm³/mol. The number of aliphatic imine (C=N–C) groups is 1. The van der Waals surface area contributed by atoms with Crippen LogP contribution in [0.2, 0.25) is 0 Å². The molecule has 0 aliphatic heterocycles. The molecule has 0 aliphatic carbocycles. The van der Waals surface area contributed by atoms with E-state index in [2.05, 4.69) is 20.4 Å². The van der Waals surface area contributed by atoms with Crippen molar-refractivity contribution in [3.05, 3.63) is 23.8 Å². The minimum atomic E-state index is -2.94. The number of guanidine groups is 1. The third-order valence-electron chi connectivity index (χ3n) is 2.97. The van der Waals surface area contributed by atoms with Crippen LogP contribution in [0.4, 0.5) is 8.78 Å². The summed E-state index contributed by atoms with van der Waals surface area (Å²) in [6.07, 6.45) is 0. The van der Waals surface area contributed by atoms with Gasteiger partial charge in [0.05, 0.1) is 7.11 Å². The lowest BCUT2D eigenvalue weighted by Crippen LogP contribution is -2.41. The van der Waals surface area contributed by atoms with Crippen LogP contribution in [0.1, 0.15) is 26.3 Å². The second kappa shape index (κ2) is 11.8. The van der Waals surface area contributed by atoms with Gasteiger partial charge in [-0.1, -0.05) is 0 Å². The summed E-state index contributed by atoms with van der Waals surface area (Å²) in [7, 11) is 2.99. The van der Waals surface area contributed by atoms with Gasteiger partial charge < -0.3 is 24.8 Å². The van der Waals surface area contributed by atoms with Crippen LogP contribution in [-0.4, -0.2) is 44.8 Å². The number of methoxy groups -OCH3 is 1. The van der Waals surface area contributed by atoms with Crippen molar-refractivity contribution in [2.45, 2.75) is 39.5 Å². The summed E-state index contributed by atoms with van der Waals surface area (Å²) >= 11 is 0. The molecular weight excluding hydrogens is 475 g/mol. The van der Waals surface area contributed by atoms with Crippen molar-refractivity contribution in [3.8, 4) is 11.5 Å². The zero-order valence-electron chi connectivity index (χ0n) is 16.0. The van der Waals surface area contributed by atoms with E-state index in [1.165, 1.54) is 26.3 Å². The lowest BCUT2D eigenvalue weighted by Gasteiger charge is -2.20. The summed E-state index contributed by atoms with van der Waals surface area (Å²) in [6.45, 7) is 2.41. The minimum absolute atomic E-state index is 0. The maximum Gasteiger partial charge on any atom is 0.387 e. The predicted octanol–water partition coefficient (Wildman–Crippen LogP) is 2.92. The number of hydrogen-bond donors (Lipinski definition) is 2. The number of carbonyl (C=O) groups excluding carboxylic acids is 1. The van der Waals surface area contributed by atoms with Crippen LogP contribution in [0.5, 0.6) is 11.5 Å². The van der Waals surface area contributed by atoms with Crippen molar-refractivity contribution in [2.75, 3.05) is 20.7 Å². The van der Waals surface area contributed by atoms with Crippen LogP contribution in [0.25, 0.3) is 0 Å². The van der Waals surface area contributed by atoms with Gasteiger partial charge in [-0.3, -0.25) is 9.79 Å². The number of esters is 1. The van der Waals surface area contributed by atoms with E-state index in [1.807, 2.05) is 0 Å². The van der Waals surface area contributed by atoms with Gasteiger partial charge in [0.15, 0.2) is 5.96 Å². The Hall–Kier alpha value is -1.85. The Morgan fingerprint density at radius 2 is 1.93 bits per heavy atom. The highest BCUT2D eigenvalue weighted by Crippen LogP contribution is 2.25. The molecule has 0 fully saturated rings. The fourth-order valence-corrected chi connectivity index (χ4v) is 1.96. The largest absolute Gasteiger partial charge is 0.497 e. The van der Waals surface area contributed by atoms with E-state index in [1.54, 1.807) is 26.8 Å². The molecule has 27 heavy (non-hydrogen) atoms. The third-order valence-corrected chi connectivity index (χ3v) is 2.97. The van der Waals surface area contributed by atoms with Gasteiger partial charge in [0.2, 0.25) is 0 Å². The Morgan fingerprint density at radius 1 is 1.26 bits per heavy atom. The van der Waals surface area contributed by atoms with Crippen molar-refractivity contribution in [1.82, 2.24) is 10.6 Å². The average Bonchev–Trinajstić information content (AvgIpc) is 2.54. The second-order valence-electron chi connectivity index (χ2n) is 6.22. The Morgan fingerprint density at radius 3 is 2.44 bits per heavy atom. The number of alkyl halides is 2. The Balaban J connectivity index is 0.00000676. The van der Waals surface area contributed by atoms with Crippen LogP contribution in [0.3, 0.4) is 0 Å². The molecule has 2 N–H and O–H groups in total. The molecule has 1 aromatic carbocycles. The lowest BCUT2D eigenvalue weighted by atomic mass is 10.2. The number of hydrogen-bond acceptors (Lipinski definition) is 5. The summed E-state index contributed by atoms with van der Waals surface area (Å²) in [6, 6.07) is 4.50. The van der Waals surface area contributed by atoms with Gasteiger partial charge in [-0.25, -0.2) is 0 Å².